The van der Waals surface area contributed by atoms with Gasteiger partial charge in [0.15, 0.2) is 0 Å². The van der Waals surface area contributed by atoms with Gasteiger partial charge in [-0.15, -0.1) is 11.8 Å². The Balaban J connectivity index is 2.10. The average Bonchev–Trinajstić information content (AvgIpc) is 2.88. The van der Waals surface area contributed by atoms with Crippen LogP contribution in [0.3, 0.4) is 0 Å². The van der Waals surface area contributed by atoms with Crippen LogP contribution in [0, 0.1) is 0 Å². The van der Waals surface area contributed by atoms with Gasteiger partial charge in [-0.3, -0.25) is 4.79 Å². The number of halogens is 2. The minimum atomic E-state index is -3.02. The average molecular weight is 298 g/mol. The summed E-state index contributed by atoms with van der Waals surface area (Å²) in [6.45, 7) is 2.06. The molecule has 106 valence electrons. The number of hydrogen-bond acceptors (Lipinski definition) is 5. The van der Waals surface area contributed by atoms with Crippen LogP contribution in [0.2, 0.25) is 0 Å². The Morgan fingerprint density at radius 1 is 1.35 bits per heavy atom. The molecule has 0 saturated heterocycles. The molecule has 0 radical (unpaired) electrons. The van der Waals surface area contributed by atoms with Gasteiger partial charge < -0.3 is 4.52 Å². The Labute approximate surface area is 118 Å². The first-order valence-electron chi connectivity index (χ1n) is 5.97. The van der Waals surface area contributed by atoms with E-state index in [1.165, 1.54) is 0 Å². The summed E-state index contributed by atoms with van der Waals surface area (Å²) in [4.78, 5) is 16.0. The lowest BCUT2D eigenvalue weighted by atomic mass is 10.2. The van der Waals surface area contributed by atoms with E-state index in [1.54, 1.807) is 11.8 Å². The Morgan fingerprint density at radius 3 is 2.65 bits per heavy atom. The molecule has 2 rings (SSSR count). The molecule has 0 atom stereocenters. The van der Waals surface area contributed by atoms with Crippen molar-refractivity contribution in [3.05, 3.63) is 30.2 Å². The normalized spacial score (nSPS) is 11.0. The zero-order chi connectivity index (χ0) is 14.5. The summed E-state index contributed by atoms with van der Waals surface area (Å²) < 4.78 is 29.0. The predicted molar refractivity (Wildman–Crippen MR) is 70.8 cm³/mol. The molecule has 0 aliphatic rings. The molecule has 0 saturated carbocycles. The molecule has 0 unspecified atom stereocenters. The van der Waals surface area contributed by atoms with Gasteiger partial charge in [0.05, 0.1) is 6.42 Å². The molecular weight excluding hydrogens is 286 g/mol. The number of benzene rings is 1. The standard InChI is InChI=1S/C13H12F2N2O2S/c1-2-20-9-5-3-8(4-6-9)13-16-11(19-17-13)7-10(18)12(14)15/h3-6,12H,2,7H2,1H3. The maximum Gasteiger partial charge on any atom is 0.296 e. The molecule has 0 bridgehead atoms. The SMILES string of the molecule is CCSc1ccc(-c2noc(CC(=O)C(F)F)n2)cc1. The number of thioether (sulfide) groups is 1. The minimum Gasteiger partial charge on any atom is -0.338 e. The molecule has 0 N–H and O–H groups in total. The van der Waals surface area contributed by atoms with Crippen LogP contribution in [0.4, 0.5) is 8.78 Å². The van der Waals surface area contributed by atoms with Crippen LogP contribution in [-0.4, -0.2) is 28.1 Å². The van der Waals surface area contributed by atoms with Crippen molar-refractivity contribution in [1.82, 2.24) is 10.1 Å². The molecule has 1 aromatic heterocycles. The van der Waals surface area contributed by atoms with Crippen LogP contribution in [0.5, 0.6) is 0 Å². The second-order valence-electron chi connectivity index (χ2n) is 3.91. The van der Waals surface area contributed by atoms with Crippen LogP contribution >= 0.6 is 11.8 Å². The Hall–Kier alpha value is -1.76. The molecule has 2 aromatic rings. The van der Waals surface area contributed by atoms with Crippen molar-refractivity contribution in [3.8, 4) is 11.4 Å². The van der Waals surface area contributed by atoms with Gasteiger partial charge in [0.25, 0.3) is 6.43 Å². The fourth-order valence-corrected chi connectivity index (χ4v) is 2.20. The number of hydrogen-bond donors (Lipinski definition) is 0. The summed E-state index contributed by atoms with van der Waals surface area (Å²) in [6, 6.07) is 7.48. The van der Waals surface area contributed by atoms with Crippen molar-refractivity contribution in [2.75, 3.05) is 5.75 Å². The van der Waals surface area contributed by atoms with E-state index in [4.69, 9.17) is 4.52 Å². The number of nitrogens with zero attached hydrogens (tertiary/aromatic N) is 2. The maximum atomic E-state index is 12.1. The second kappa shape index (κ2) is 6.60. The van der Waals surface area contributed by atoms with E-state index >= 15 is 0 Å². The first-order valence-corrected chi connectivity index (χ1v) is 6.95. The first kappa shape index (κ1) is 14.6. The van der Waals surface area contributed by atoms with Gasteiger partial charge in [0.1, 0.15) is 0 Å². The van der Waals surface area contributed by atoms with Crippen LogP contribution < -0.4 is 0 Å². The van der Waals surface area contributed by atoms with E-state index in [9.17, 15) is 13.6 Å². The smallest absolute Gasteiger partial charge is 0.296 e. The lowest BCUT2D eigenvalue weighted by Gasteiger charge is -1.98. The summed E-state index contributed by atoms with van der Waals surface area (Å²) >= 11 is 1.70. The van der Waals surface area contributed by atoms with Crippen molar-refractivity contribution in [2.24, 2.45) is 0 Å². The molecule has 20 heavy (non-hydrogen) atoms. The predicted octanol–water partition coefficient (Wildman–Crippen LogP) is 3.23. The van der Waals surface area contributed by atoms with Gasteiger partial charge in [-0.25, -0.2) is 8.78 Å². The minimum absolute atomic E-state index is 0.0997. The van der Waals surface area contributed by atoms with Crippen molar-refractivity contribution in [2.45, 2.75) is 24.7 Å². The number of alkyl halides is 2. The van der Waals surface area contributed by atoms with Gasteiger partial charge >= 0.3 is 0 Å². The third-order valence-electron chi connectivity index (χ3n) is 2.46. The number of carbonyl (C=O) groups excluding carboxylic acids is 1. The van der Waals surface area contributed by atoms with Gasteiger partial charge in [0.2, 0.25) is 17.5 Å². The van der Waals surface area contributed by atoms with E-state index in [1.807, 2.05) is 24.3 Å². The van der Waals surface area contributed by atoms with E-state index < -0.39 is 18.6 Å². The summed E-state index contributed by atoms with van der Waals surface area (Å²) in [6.07, 6.45) is -3.57. The van der Waals surface area contributed by atoms with Gasteiger partial charge in [-0.2, -0.15) is 4.98 Å². The van der Waals surface area contributed by atoms with E-state index in [0.717, 1.165) is 10.6 Å². The Morgan fingerprint density at radius 2 is 2.05 bits per heavy atom. The summed E-state index contributed by atoms with van der Waals surface area (Å²) in [5.74, 6) is -0.0659. The van der Waals surface area contributed by atoms with E-state index in [2.05, 4.69) is 17.1 Å². The lowest BCUT2D eigenvalue weighted by molar-refractivity contribution is -0.129. The molecule has 0 fully saturated rings. The second-order valence-corrected chi connectivity index (χ2v) is 5.25. The molecule has 4 nitrogen and oxygen atoms in total. The molecule has 7 heteroatoms. The quantitative estimate of drug-likeness (QED) is 0.766. The summed E-state index contributed by atoms with van der Waals surface area (Å²) in [5, 5.41) is 3.68. The molecule has 0 spiro atoms. The Kier molecular flexibility index (Phi) is 4.84. The highest BCUT2D eigenvalue weighted by atomic mass is 32.2. The number of aromatic nitrogens is 2. The van der Waals surface area contributed by atoms with Crippen molar-refractivity contribution in [1.29, 1.82) is 0 Å². The van der Waals surface area contributed by atoms with E-state index in [-0.39, 0.29) is 11.7 Å². The third-order valence-corrected chi connectivity index (χ3v) is 3.35. The number of Topliss-reactive ketones (excluding diaryl/α,β-unsaturated/α-hetero) is 1. The van der Waals surface area contributed by atoms with Gasteiger partial charge in [-0.1, -0.05) is 12.1 Å². The van der Waals surface area contributed by atoms with Crippen molar-refractivity contribution < 1.29 is 18.1 Å². The summed E-state index contributed by atoms with van der Waals surface area (Å²) in [7, 11) is 0. The van der Waals surface area contributed by atoms with Gasteiger partial charge in [0, 0.05) is 10.5 Å². The molecule has 0 aliphatic carbocycles. The van der Waals surface area contributed by atoms with Crippen LogP contribution in [-0.2, 0) is 11.2 Å². The van der Waals surface area contributed by atoms with Crippen molar-refractivity contribution in [3.63, 3.8) is 0 Å². The highest BCUT2D eigenvalue weighted by Gasteiger charge is 2.19. The fraction of sp³-hybridized carbons (Fsp3) is 0.308. The van der Waals surface area contributed by atoms with Crippen molar-refractivity contribution >= 4 is 17.5 Å². The Bertz CT molecular complexity index is 584. The zero-order valence-corrected chi connectivity index (χ0v) is 11.5. The third kappa shape index (κ3) is 3.63. The topological polar surface area (TPSA) is 56.0 Å². The number of carbonyl (C=O) groups is 1. The van der Waals surface area contributed by atoms with Crippen LogP contribution in [0.15, 0.2) is 33.7 Å². The highest BCUT2D eigenvalue weighted by molar-refractivity contribution is 7.99. The van der Waals surface area contributed by atoms with Gasteiger partial charge in [-0.05, 0) is 30.0 Å². The number of ketones is 1. The monoisotopic (exact) mass is 298 g/mol. The molecule has 0 amide bonds. The molecular formula is C13H12F2N2O2S. The zero-order valence-electron chi connectivity index (χ0n) is 10.7. The van der Waals surface area contributed by atoms with Crippen LogP contribution in [0.1, 0.15) is 12.8 Å². The summed E-state index contributed by atoms with van der Waals surface area (Å²) in [5.41, 5.74) is 0.713. The number of rotatable bonds is 6. The lowest BCUT2D eigenvalue weighted by Crippen LogP contribution is -2.12. The fourth-order valence-electron chi connectivity index (χ4n) is 1.54. The highest BCUT2D eigenvalue weighted by Crippen LogP contribution is 2.22. The van der Waals surface area contributed by atoms with Crippen LogP contribution in [0.25, 0.3) is 11.4 Å². The largest absolute Gasteiger partial charge is 0.338 e. The molecule has 1 heterocycles. The molecule has 1 aromatic carbocycles. The maximum absolute atomic E-state index is 12.1. The molecule has 0 aliphatic heterocycles. The first-order chi connectivity index (χ1) is 9.60. The van der Waals surface area contributed by atoms with E-state index in [0.29, 0.717) is 5.56 Å².